The summed E-state index contributed by atoms with van der Waals surface area (Å²) in [5.74, 6) is 3.98. The lowest BCUT2D eigenvalue weighted by molar-refractivity contribution is 0.323. The molecule has 0 amide bonds. The van der Waals surface area contributed by atoms with Gasteiger partial charge in [-0.25, -0.2) is 0 Å². The van der Waals surface area contributed by atoms with Crippen molar-refractivity contribution in [3.8, 4) is 0 Å². The Labute approximate surface area is 153 Å². The summed E-state index contributed by atoms with van der Waals surface area (Å²) in [6.45, 7) is 7.34. The standard InChI is InChI=1S/C24H45/c1-4-5-6-7-8-9-10-11-12-13-14-15-16-17-21-20-22-18-19-23(21)24(22,2)3/h21-22H,4-20H2,1-3H3. The molecule has 1 radical (unpaired) electrons. The number of unbranched alkanes of at least 4 members (excludes halogenated alkanes) is 12. The van der Waals surface area contributed by atoms with E-state index in [0.29, 0.717) is 5.41 Å². The van der Waals surface area contributed by atoms with Crippen LogP contribution in [-0.2, 0) is 0 Å². The second-order valence-corrected chi connectivity index (χ2v) is 9.45. The summed E-state index contributed by atoms with van der Waals surface area (Å²) in [5, 5.41) is 0. The van der Waals surface area contributed by atoms with E-state index in [2.05, 4.69) is 20.8 Å². The van der Waals surface area contributed by atoms with Crippen molar-refractivity contribution in [2.24, 2.45) is 17.3 Å². The highest BCUT2D eigenvalue weighted by molar-refractivity contribution is 5.20. The zero-order valence-electron chi connectivity index (χ0n) is 17.2. The second-order valence-electron chi connectivity index (χ2n) is 9.45. The van der Waals surface area contributed by atoms with E-state index in [9.17, 15) is 0 Å². The van der Waals surface area contributed by atoms with Crippen molar-refractivity contribution in [1.29, 1.82) is 0 Å². The zero-order valence-corrected chi connectivity index (χ0v) is 17.2. The summed E-state index contributed by atoms with van der Waals surface area (Å²) in [6, 6.07) is 0. The van der Waals surface area contributed by atoms with Gasteiger partial charge in [-0.2, -0.15) is 0 Å². The van der Waals surface area contributed by atoms with Crippen LogP contribution in [0.25, 0.3) is 0 Å². The predicted octanol–water partition coefficient (Wildman–Crippen LogP) is 8.50. The predicted molar refractivity (Wildman–Crippen MR) is 108 cm³/mol. The van der Waals surface area contributed by atoms with E-state index in [1.54, 1.807) is 0 Å². The van der Waals surface area contributed by atoms with Gasteiger partial charge in [0.05, 0.1) is 0 Å². The van der Waals surface area contributed by atoms with Gasteiger partial charge in [-0.15, -0.1) is 0 Å². The third kappa shape index (κ3) is 6.06. The second kappa shape index (κ2) is 10.9. The van der Waals surface area contributed by atoms with Crippen molar-refractivity contribution in [3.63, 3.8) is 0 Å². The fourth-order valence-corrected chi connectivity index (χ4v) is 5.60. The first-order valence-electron chi connectivity index (χ1n) is 11.5. The Bertz CT molecular complexity index is 316. The smallest absolute Gasteiger partial charge is 0.0151 e. The Hall–Kier alpha value is 0. The third-order valence-electron chi connectivity index (χ3n) is 7.33. The summed E-state index contributed by atoms with van der Waals surface area (Å²) in [7, 11) is 0. The fraction of sp³-hybridized carbons (Fsp3) is 0.958. The molecule has 2 aliphatic rings. The molecule has 2 bridgehead atoms. The SMILES string of the molecule is CCCCCCCCCCCCCCCC1CC2CC[C]1C2(C)C. The molecule has 2 aliphatic carbocycles. The molecule has 2 saturated carbocycles. The van der Waals surface area contributed by atoms with Gasteiger partial charge in [0.2, 0.25) is 0 Å². The highest BCUT2D eigenvalue weighted by Gasteiger charge is 2.52. The molecule has 0 saturated heterocycles. The zero-order chi connectivity index (χ0) is 17.3. The fourth-order valence-electron chi connectivity index (χ4n) is 5.60. The van der Waals surface area contributed by atoms with Gasteiger partial charge in [0.15, 0.2) is 0 Å². The molecule has 0 spiro atoms. The van der Waals surface area contributed by atoms with Crippen molar-refractivity contribution >= 4 is 0 Å². The maximum atomic E-state index is 2.52. The minimum Gasteiger partial charge on any atom is -0.0654 e. The van der Waals surface area contributed by atoms with Crippen LogP contribution in [0.15, 0.2) is 0 Å². The Morgan fingerprint density at radius 2 is 1.25 bits per heavy atom. The molecule has 2 atom stereocenters. The minimum absolute atomic E-state index is 0.598. The van der Waals surface area contributed by atoms with E-state index in [-0.39, 0.29) is 0 Å². The van der Waals surface area contributed by atoms with E-state index >= 15 is 0 Å². The number of fused-ring (bicyclic) bond motifs is 2. The van der Waals surface area contributed by atoms with Crippen molar-refractivity contribution in [1.82, 2.24) is 0 Å². The van der Waals surface area contributed by atoms with Gasteiger partial charge in [0.25, 0.3) is 0 Å². The first-order chi connectivity index (χ1) is 11.7. The highest BCUT2D eigenvalue weighted by Crippen LogP contribution is 2.62. The van der Waals surface area contributed by atoms with E-state index in [1.807, 2.05) is 5.92 Å². The number of hydrogen-bond donors (Lipinski definition) is 0. The molecule has 2 fully saturated rings. The Morgan fingerprint density at radius 1 is 0.750 bits per heavy atom. The quantitative estimate of drug-likeness (QED) is 0.279. The van der Waals surface area contributed by atoms with Crippen LogP contribution < -0.4 is 0 Å². The number of hydrogen-bond acceptors (Lipinski definition) is 0. The molecule has 0 heteroatoms. The summed E-state index contributed by atoms with van der Waals surface area (Å²) >= 11 is 0. The third-order valence-corrected chi connectivity index (χ3v) is 7.33. The van der Waals surface area contributed by atoms with Crippen LogP contribution in [0.1, 0.15) is 130 Å². The summed E-state index contributed by atoms with van der Waals surface area (Å²) in [4.78, 5) is 0. The normalized spacial score (nSPS) is 25.6. The molecule has 0 heterocycles. The molecule has 0 aromatic carbocycles. The van der Waals surface area contributed by atoms with Gasteiger partial charge < -0.3 is 0 Å². The van der Waals surface area contributed by atoms with Gasteiger partial charge in [0.1, 0.15) is 0 Å². The maximum absolute atomic E-state index is 2.52. The first kappa shape index (κ1) is 20.3. The van der Waals surface area contributed by atoms with Gasteiger partial charge >= 0.3 is 0 Å². The van der Waals surface area contributed by atoms with E-state index in [4.69, 9.17) is 0 Å². The van der Waals surface area contributed by atoms with Crippen molar-refractivity contribution < 1.29 is 0 Å². The van der Waals surface area contributed by atoms with Crippen LogP contribution in [0, 0.1) is 23.2 Å². The molecule has 141 valence electrons. The molecule has 0 aliphatic heterocycles. The van der Waals surface area contributed by atoms with Crippen molar-refractivity contribution in [3.05, 3.63) is 5.92 Å². The molecule has 2 rings (SSSR count). The van der Waals surface area contributed by atoms with Crippen LogP contribution in [-0.4, -0.2) is 0 Å². The Balaban J connectivity index is 1.34. The topological polar surface area (TPSA) is 0 Å². The highest BCUT2D eigenvalue weighted by atomic mass is 14.6. The average Bonchev–Trinajstić information content (AvgIpc) is 2.99. The van der Waals surface area contributed by atoms with Gasteiger partial charge in [-0.3, -0.25) is 0 Å². The van der Waals surface area contributed by atoms with E-state index < -0.39 is 0 Å². The van der Waals surface area contributed by atoms with Crippen LogP contribution in [0.4, 0.5) is 0 Å². The van der Waals surface area contributed by atoms with E-state index in [1.165, 1.54) is 109 Å². The van der Waals surface area contributed by atoms with Crippen LogP contribution in [0.2, 0.25) is 0 Å². The van der Waals surface area contributed by atoms with Gasteiger partial charge in [-0.05, 0) is 48.9 Å². The maximum Gasteiger partial charge on any atom is -0.0151 e. The lowest BCUT2D eigenvalue weighted by Crippen LogP contribution is -2.17. The van der Waals surface area contributed by atoms with Gasteiger partial charge in [-0.1, -0.05) is 104 Å². The van der Waals surface area contributed by atoms with Gasteiger partial charge in [0, 0.05) is 0 Å². The summed E-state index contributed by atoms with van der Waals surface area (Å²) in [6.07, 6.45) is 25.2. The molecule has 0 nitrogen and oxygen atoms in total. The molecular formula is C24H45. The first-order valence-corrected chi connectivity index (χ1v) is 11.5. The molecule has 24 heavy (non-hydrogen) atoms. The largest absolute Gasteiger partial charge is 0.0654 e. The number of rotatable bonds is 14. The minimum atomic E-state index is 0.598. The van der Waals surface area contributed by atoms with Crippen LogP contribution in [0.5, 0.6) is 0 Å². The molecule has 0 N–H and O–H groups in total. The van der Waals surface area contributed by atoms with E-state index in [0.717, 1.165) is 11.8 Å². The van der Waals surface area contributed by atoms with Crippen LogP contribution >= 0.6 is 0 Å². The molecular weight excluding hydrogens is 288 g/mol. The Kier molecular flexibility index (Phi) is 9.20. The monoisotopic (exact) mass is 333 g/mol. The van der Waals surface area contributed by atoms with Crippen molar-refractivity contribution in [2.75, 3.05) is 0 Å². The summed E-state index contributed by atoms with van der Waals surface area (Å²) < 4.78 is 0. The van der Waals surface area contributed by atoms with Crippen LogP contribution in [0.3, 0.4) is 0 Å². The Morgan fingerprint density at radius 3 is 1.67 bits per heavy atom. The van der Waals surface area contributed by atoms with Crippen molar-refractivity contribution in [2.45, 2.75) is 130 Å². The molecule has 0 aromatic heterocycles. The average molecular weight is 334 g/mol. The summed E-state index contributed by atoms with van der Waals surface area (Å²) in [5.41, 5.74) is 0.598. The molecule has 0 aromatic rings. The molecule has 2 unspecified atom stereocenters. The lowest BCUT2D eigenvalue weighted by Gasteiger charge is -2.26. The lowest BCUT2D eigenvalue weighted by atomic mass is 9.79.